The van der Waals surface area contributed by atoms with Gasteiger partial charge in [-0.05, 0) is 18.4 Å². The van der Waals surface area contributed by atoms with Crippen molar-refractivity contribution < 1.29 is 4.79 Å². The fourth-order valence-corrected chi connectivity index (χ4v) is 1.64. The quantitative estimate of drug-likeness (QED) is 0.634. The highest BCUT2D eigenvalue weighted by molar-refractivity contribution is 5.99. The Hall–Kier alpha value is -1.62. The van der Waals surface area contributed by atoms with Crippen LogP contribution in [-0.2, 0) is 0 Å². The molecule has 0 aliphatic rings. The minimum absolute atomic E-state index is 0.0216. The molecule has 1 heterocycles. The minimum Gasteiger partial charge on any atom is -0.338 e. The Balaban J connectivity index is 3.00. The molecule has 0 spiro atoms. The first-order valence-corrected chi connectivity index (χ1v) is 5.96. The van der Waals surface area contributed by atoms with E-state index >= 15 is 0 Å². The number of rotatable bonds is 3. The molecule has 0 aromatic carbocycles. The summed E-state index contributed by atoms with van der Waals surface area (Å²) in [5.41, 5.74) is 3.59. The molecule has 1 aromatic rings. The molecule has 5 heteroatoms. The molecule has 1 rings (SSSR count). The standard InChI is InChI=1S/C13H22N4O/c1-9(13(2,3)4)17(5)12(18)10-6-7-15-8-11(10)16-14/h6-9,16H,14H2,1-5H3. The van der Waals surface area contributed by atoms with Crippen LogP contribution < -0.4 is 11.3 Å². The number of amides is 1. The monoisotopic (exact) mass is 250 g/mol. The molecule has 0 aliphatic heterocycles. The molecule has 0 aliphatic carbocycles. The Labute approximate surface area is 108 Å². The molecule has 0 saturated carbocycles. The highest BCUT2D eigenvalue weighted by Gasteiger charge is 2.28. The van der Waals surface area contributed by atoms with Gasteiger partial charge in [-0.25, -0.2) is 0 Å². The predicted octanol–water partition coefficient (Wildman–Crippen LogP) is 1.87. The van der Waals surface area contributed by atoms with Crippen LogP contribution in [0.3, 0.4) is 0 Å². The maximum absolute atomic E-state index is 12.4. The summed E-state index contributed by atoms with van der Waals surface area (Å²) < 4.78 is 0. The van der Waals surface area contributed by atoms with E-state index in [0.29, 0.717) is 11.3 Å². The van der Waals surface area contributed by atoms with Gasteiger partial charge < -0.3 is 10.3 Å². The van der Waals surface area contributed by atoms with Gasteiger partial charge in [0.15, 0.2) is 0 Å². The summed E-state index contributed by atoms with van der Waals surface area (Å²) in [6.07, 6.45) is 3.13. The largest absolute Gasteiger partial charge is 0.338 e. The van der Waals surface area contributed by atoms with Crippen LogP contribution >= 0.6 is 0 Å². The predicted molar refractivity (Wildman–Crippen MR) is 73.1 cm³/mol. The molecule has 18 heavy (non-hydrogen) atoms. The molecule has 0 bridgehead atoms. The zero-order valence-corrected chi connectivity index (χ0v) is 11.7. The zero-order valence-electron chi connectivity index (χ0n) is 11.7. The topological polar surface area (TPSA) is 71.2 Å². The van der Waals surface area contributed by atoms with Crippen LogP contribution in [0.4, 0.5) is 5.69 Å². The lowest BCUT2D eigenvalue weighted by Gasteiger charge is -2.35. The summed E-state index contributed by atoms with van der Waals surface area (Å²) in [7, 11) is 1.80. The van der Waals surface area contributed by atoms with Crippen molar-refractivity contribution in [3.8, 4) is 0 Å². The van der Waals surface area contributed by atoms with E-state index in [2.05, 4.69) is 31.2 Å². The molecular formula is C13H22N4O. The van der Waals surface area contributed by atoms with Crippen molar-refractivity contribution in [2.45, 2.75) is 33.7 Å². The number of nitrogens with one attached hydrogen (secondary N) is 1. The lowest BCUT2D eigenvalue weighted by Crippen LogP contribution is -2.43. The van der Waals surface area contributed by atoms with Crippen molar-refractivity contribution in [1.29, 1.82) is 0 Å². The summed E-state index contributed by atoms with van der Waals surface area (Å²) >= 11 is 0. The van der Waals surface area contributed by atoms with Crippen molar-refractivity contribution in [3.63, 3.8) is 0 Å². The van der Waals surface area contributed by atoms with E-state index in [-0.39, 0.29) is 17.4 Å². The number of anilines is 1. The van der Waals surface area contributed by atoms with E-state index < -0.39 is 0 Å². The Morgan fingerprint density at radius 3 is 2.61 bits per heavy atom. The summed E-state index contributed by atoms with van der Waals surface area (Å²) in [4.78, 5) is 18.1. The van der Waals surface area contributed by atoms with E-state index in [1.807, 2.05) is 6.92 Å². The van der Waals surface area contributed by atoms with E-state index in [9.17, 15) is 4.79 Å². The Morgan fingerprint density at radius 1 is 1.50 bits per heavy atom. The first kappa shape index (κ1) is 14.4. The number of hydrogen-bond acceptors (Lipinski definition) is 4. The third-order valence-electron chi connectivity index (χ3n) is 3.36. The Morgan fingerprint density at radius 2 is 2.11 bits per heavy atom. The van der Waals surface area contributed by atoms with Gasteiger partial charge in [-0.2, -0.15) is 0 Å². The van der Waals surface area contributed by atoms with Crippen molar-refractivity contribution in [3.05, 3.63) is 24.0 Å². The number of carbonyl (C=O) groups excluding carboxylic acids is 1. The van der Waals surface area contributed by atoms with Gasteiger partial charge in [-0.15, -0.1) is 0 Å². The van der Waals surface area contributed by atoms with Crippen molar-refractivity contribution in [1.82, 2.24) is 9.88 Å². The second-order valence-electron chi connectivity index (χ2n) is 5.52. The molecule has 0 radical (unpaired) electrons. The molecule has 5 nitrogen and oxygen atoms in total. The van der Waals surface area contributed by atoms with Gasteiger partial charge in [0.05, 0.1) is 17.4 Å². The van der Waals surface area contributed by atoms with Crippen LogP contribution in [0.1, 0.15) is 38.1 Å². The molecule has 0 fully saturated rings. The van der Waals surface area contributed by atoms with E-state index in [1.165, 1.54) is 0 Å². The number of aromatic nitrogens is 1. The van der Waals surface area contributed by atoms with Crippen LogP contribution in [-0.4, -0.2) is 28.9 Å². The average Bonchev–Trinajstić information content (AvgIpc) is 2.34. The van der Waals surface area contributed by atoms with Gasteiger partial charge in [0.2, 0.25) is 0 Å². The second kappa shape index (κ2) is 5.35. The molecule has 1 unspecified atom stereocenters. The van der Waals surface area contributed by atoms with Gasteiger partial charge >= 0.3 is 0 Å². The maximum atomic E-state index is 12.4. The van der Waals surface area contributed by atoms with Crippen LogP contribution in [0.2, 0.25) is 0 Å². The maximum Gasteiger partial charge on any atom is 0.256 e. The number of hydrazine groups is 1. The lowest BCUT2D eigenvalue weighted by atomic mass is 9.87. The van der Waals surface area contributed by atoms with Crippen LogP contribution in [0, 0.1) is 5.41 Å². The van der Waals surface area contributed by atoms with Crippen molar-refractivity contribution >= 4 is 11.6 Å². The number of pyridine rings is 1. The molecule has 100 valence electrons. The number of carbonyl (C=O) groups is 1. The lowest BCUT2D eigenvalue weighted by molar-refractivity contribution is 0.0630. The number of nitrogens with zero attached hydrogens (tertiary/aromatic N) is 2. The smallest absolute Gasteiger partial charge is 0.256 e. The zero-order chi connectivity index (χ0) is 13.9. The molecular weight excluding hydrogens is 228 g/mol. The molecule has 1 aromatic heterocycles. The highest BCUT2D eigenvalue weighted by atomic mass is 16.2. The first-order valence-electron chi connectivity index (χ1n) is 5.96. The second-order valence-corrected chi connectivity index (χ2v) is 5.52. The summed E-state index contributed by atoms with van der Waals surface area (Å²) in [6.45, 7) is 8.36. The van der Waals surface area contributed by atoms with Crippen LogP contribution in [0.25, 0.3) is 0 Å². The molecule has 1 atom stereocenters. The highest BCUT2D eigenvalue weighted by Crippen LogP contribution is 2.25. The van der Waals surface area contributed by atoms with Gasteiger partial charge in [0.25, 0.3) is 5.91 Å². The fraction of sp³-hybridized carbons (Fsp3) is 0.538. The van der Waals surface area contributed by atoms with Gasteiger partial charge in [0.1, 0.15) is 0 Å². The molecule has 0 saturated heterocycles. The summed E-state index contributed by atoms with van der Waals surface area (Å²) in [5.74, 6) is 5.33. The van der Waals surface area contributed by atoms with Crippen molar-refractivity contribution in [2.24, 2.45) is 11.3 Å². The Bertz CT molecular complexity index is 425. The summed E-state index contributed by atoms with van der Waals surface area (Å²) in [6, 6.07) is 1.78. The summed E-state index contributed by atoms with van der Waals surface area (Å²) in [5, 5.41) is 0. The normalized spacial score (nSPS) is 13.0. The van der Waals surface area contributed by atoms with Crippen LogP contribution in [0.15, 0.2) is 18.5 Å². The Kier molecular flexibility index (Phi) is 4.29. The average molecular weight is 250 g/mol. The first-order chi connectivity index (χ1) is 8.29. The van der Waals surface area contributed by atoms with E-state index in [4.69, 9.17) is 5.84 Å². The number of nitrogens with two attached hydrogens (primary N) is 1. The van der Waals surface area contributed by atoms with E-state index in [0.717, 1.165) is 0 Å². The van der Waals surface area contributed by atoms with Crippen molar-refractivity contribution in [2.75, 3.05) is 12.5 Å². The molecule has 1 amide bonds. The minimum atomic E-state index is -0.0622. The van der Waals surface area contributed by atoms with Gasteiger partial charge in [-0.3, -0.25) is 15.6 Å². The third kappa shape index (κ3) is 2.98. The molecule has 3 N–H and O–H groups in total. The van der Waals surface area contributed by atoms with Gasteiger partial charge in [0, 0.05) is 19.3 Å². The fourth-order valence-electron chi connectivity index (χ4n) is 1.64. The van der Waals surface area contributed by atoms with E-state index in [1.54, 1.807) is 30.4 Å². The SMILES string of the molecule is CC(N(C)C(=O)c1ccncc1NN)C(C)(C)C. The van der Waals surface area contributed by atoms with Crippen LogP contribution in [0.5, 0.6) is 0 Å². The van der Waals surface area contributed by atoms with Gasteiger partial charge in [-0.1, -0.05) is 20.8 Å². The number of hydrogen-bond donors (Lipinski definition) is 2. The number of nitrogen functional groups attached to an aromatic ring is 1. The third-order valence-corrected chi connectivity index (χ3v) is 3.36.